The first-order valence-corrected chi connectivity index (χ1v) is 10.4. The van der Waals surface area contributed by atoms with Gasteiger partial charge in [0.2, 0.25) is 5.91 Å². The number of thiophene rings is 1. The van der Waals surface area contributed by atoms with Crippen LogP contribution in [0.1, 0.15) is 19.4 Å². The van der Waals surface area contributed by atoms with Crippen LogP contribution in [0.3, 0.4) is 0 Å². The van der Waals surface area contributed by atoms with Crippen LogP contribution in [0.4, 0.5) is 5.00 Å². The van der Waals surface area contributed by atoms with E-state index in [2.05, 4.69) is 21.6 Å². The first-order valence-electron chi connectivity index (χ1n) is 8.60. The van der Waals surface area contributed by atoms with Crippen molar-refractivity contribution in [3.63, 3.8) is 0 Å². The molecule has 0 aliphatic rings. The van der Waals surface area contributed by atoms with Crippen molar-refractivity contribution >= 4 is 34.0 Å². The molecule has 0 bridgehead atoms. The molecule has 0 radical (unpaired) electrons. The molecule has 1 N–H and O–H groups in total. The number of thioether (sulfide) groups is 1. The van der Waals surface area contributed by atoms with Gasteiger partial charge in [0.05, 0.1) is 17.9 Å². The number of ether oxygens (including phenoxy) is 1. The van der Waals surface area contributed by atoms with Gasteiger partial charge in [-0.15, -0.1) is 21.5 Å². The topological polar surface area (TPSA) is 92.8 Å². The second kappa shape index (κ2) is 8.91. The zero-order chi connectivity index (χ0) is 20.1. The molecule has 0 aliphatic carbocycles. The fraction of sp³-hybridized carbons (Fsp3) is 0.263. The van der Waals surface area contributed by atoms with Gasteiger partial charge < -0.3 is 14.6 Å². The average molecular weight is 414 g/mol. The second-order valence-electron chi connectivity index (χ2n) is 5.80. The van der Waals surface area contributed by atoms with Gasteiger partial charge in [0.25, 0.3) is 0 Å². The first-order chi connectivity index (χ1) is 13.6. The number of aromatic nitrogens is 3. The number of hydrogen-bond acceptors (Lipinski definition) is 7. The van der Waals surface area contributed by atoms with Crippen molar-refractivity contribution in [3.8, 4) is 23.2 Å². The summed E-state index contributed by atoms with van der Waals surface area (Å²) in [5.41, 5.74) is 1.39. The zero-order valence-corrected chi connectivity index (χ0v) is 17.3. The van der Waals surface area contributed by atoms with Gasteiger partial charge >= 0.3 is 0 Å². The van der Waals surface area contributed by atoms with Crippen molar-refractivity contribution < 1.29 is 9.53 Å². The number of amides is 1. The van der Waals surface area contributed by atoms with E-state index in [4.69, 9.17) is 10.00 Å². The van der Waals surface area contributed by atoms with Crippen LogP contribution in [0, 0.1) is 11.3 Å². The summed E-state index contributed by atoms with van der Waals surface area (Å²) >= 11 is 2.67. The highest BCUT2D eigenvalue weighted by Crippen LogP contribution is 2.29. The lowest BCUT2D eigenvalue weighted by Gasteiger charge is -2.12. The normalized spacial score (nSPS) is 11.6. The molecule has 0 fully saturated rings. The van der Waals surface area contributed by atoms with Crippen LogP contribution < -0.4 is 10.1 Å². The highest BCUT2D eigenvalue weighted by Gasteiger charge is 2.21. The largest absolute Gasteiger partial charge is 0.497 e. The number of rotatable bonds is 7. The molecule has 1 amide bonds. The number of hydrogen-bond donors (Lipinski definition) is 1. The van der Waals surface area contributed by atoms with Gasteiger partial charge in [0.15, 0.2) is 11.0 Å². The molecule has 28 heavy (non-hydrogen) atoms. The Balaban J connectivity index is 1.75. The van der Waals surface area contributed by atoms with E-state index in [0.717, 1.165) is 17.1 Å². The number of benzene rings is 1. The number of carbonyl (C=O) groups excluding carboxylic acids is 1. The number of anilines is 1. The van der Waals surface area contributed by atoms with E-state index in [-0.39, 0.29) is 5.91 Å². The van der Waals surface area contributed by atoms with Crippen molar-refractivity contribution in [2.75, 3.05) is 12.4 Å². The molecule has 9 heteroatoms. The molecule has 2 heterocycles. The van der Waals surface area contributed by atoms with Crippen LogP contribution in [-0.2, 0) is 11.3 Å². The molecule has 0 saturated carbocycles. The Bertz CT molecular complexity index is 1000. The third-order valence-electron chi connectivity index (χ3n) is 4.06. The number of nitrogens with one attached hydrogen (secondary N) is 1. The fourth-order valence-corrected chi connectivity index (χ4v) is 4.19. The van der Waals surface area contributed by atoms with E-state index in [1.54, 1.807) is 25.5 Å². The van der Waals surface area contributed by atoms with Crippen LogP contribution in [0.15, 0.2) is 40.9 Å². The quantitative estimate of drug-likeness (QED) is 0.588. The minimum absolute atomic E-state index is 0.180. The van der Waals surface area contributed by atoms with Crippen LogP contribution in [0.5, 0.6) is 5.75 Å². The maximum absolute atomic E-state index is 12.5. The standard InChI is InChI=1S/C19H19N5O2S2/c1-4-24-16(13-5-7-15(26-3)8-6-13)22-23-19(24)28-12(2)17(25)21-18-14(11-20)9-10-27-18/h5-10,12H,4H2,1-3H3,(H,21,25)/t12-/m1/s1. The number of nitrogens with zero attached hydrogens (tertiary/aromatic N) is 4. The van der Waals surface area contributed by atoms with Crippen molar-refractivity contribution in [1.82, 2.24) is 14.8 Å². The SMILES string of the molecule is CCn1c(S[C@H](C)C(=O)Nc2sccc2C#N)nnc1-c1ccc(OC)cc1. The Kier molecular flexibility index (Phi) is 6.34. The van der Waals surface area contributed by atoms with Gasteiger partial charge in [-0.05, 0) is 49.6 Å². The molecular weight excluding hydrogens is 394 g/mol. The van der Waals surface area contributed by atoms with Crippen LogP contribution >= 0.6 is 23.1 Å². The smallest absolute Gasteiger partial charge is 0.238 e. The molecule has 0 aliphatic heterocycles. The molecule has 3 aromatic rings. The van der Waals surface area contributed by atoms with E-state index in [1.807, 2.05) is 35.8 Å². The van der Waals surface area contributed by atoms with E-state index in [1.165, 1.54) is 23.1 Å². The highest BCUT2D eigenvalue weighted by molar-refractivity contribution is 8.00. The summed E-state index contributed by atoms with van der Waals surface area (Å²) in [4.78, 5) is 12.5. The van der Waals surface area contributed by atoms with E-state index >= 15 is 0 Å². The lowest BCUT2D eigenvalue weighted by atomic mass is 10.2. The summed E-state index contributed by atoms with van der Waals surface area (Å²) in [7, 11) is 1.63. The third kappa shape index (κ3) is 4.18. The second-order valence-corrected chi connectivity index (χ2v) is 8.03. The molecule has 0 spiro atoms. The molecule has 2 aromatic heterocycles. The maximum atomic E-state index is 12.5. The van der Waals surface area contributed by atoms with Crippen LogP contribution in [0.25, 0.3) is 11.4 Å². The summed E-state index contributed by atoms with van der Waals surface area (Å²) in [6.07, 6.45) is 0. The lowest BCUT2D eigenvalue weighted by Crippen LogP contribution is -2.22. The molecule has 7 nitrogen and oxygen atoms in total. The van der Waals surface area contributed by atoms with Crippen molar-refractivity contribution in [2.24, 2.45) is 0 Å². The molecule has 0 unspecified atom stereocenters. The van der Waals surface area contributed by atoms with Gasteiger partial charge in [-0.25, -0.2) is 0 Å². The van der Waals surface area contributed by atoms with Crippen molar-refractivity contribution in [3.05, 3.63) is 41.3 Å². The summed E-state index contributed by atoms with van der Waals surface area (Å²) < 4.78 is 7.17. The van der Waals surface area contributed by atoms with E-state index in [0.29, 0.717) is 22.3 Å². The Hall–Kier alpha value is -2.83. The van der Waals surface area contributed by atoms with Gasteiger partial charge in [0.1, 0.15) is 16.8 Å². The highest BCUT2D eigenvalue weighted by atomic mass is 32.2. The van der Waals surface area contributed by atoms with Crippen LogP contribution in [0.2, 0.25) is 0 Å². The van der Waals surface area contributed by atoms with Crippen LogP contribution in [-0.4, -0.2) is 33.0 Å². The average Bonchev–Trinajstić information content (AvgIpc) is 3.34. The predicted molar refractivity (Wildman–Crippen MR) is 111 cm³/mol. The predicted octanol–water partition coefficient (Wildman–Crippen LogP) is 4.03. The molecule has 144 valence electrons. The van der Waals surface area contributed by atoms with E-state index in [9.17, 15) is 4.79 Å². The number of nitriles is 1. The number of carbonyl (C=O) groups is 1. The Morgan fingerprint density at radius 3 is 2.75 bits per heavy atom. The minimum atomic E-state index is -0.396. The van der Waals surface area contributed by atoms with Crippen molar-refractivity contribution in [1.29, 1.82) is 5.26 Å². The minimum Gasteiger partial charge on any atom is -0.497 e. The summed E-state index contributed by atoms with van der Waals surface area (Å²) in [5.74, 6) is 1.34. The maximum Gasteiger partial charge on any atom is 0.238 e. The van der Waals surface area contributed by atoms with Crippen molar-refractivity contribution in [2.45, 2.75) is 30.8 Å². The Morgan fingerprint density at radius 2 is 2.11 bits per heavy atom. The zero-order valence-electron chi connectivity index (χ0n) is 15.7. The lowest BCUT2D eigenvalue weighted by molar-refractivity contribution is -0.115. The third-order valence-corrected chi connectivity index (χ3v) is 5.97. The summed E-state index contributed by atoms with van der Waals surface area (Å²) in [6, 6.07) is 11.4. The molecule has 0 saturated heterocycles. The Labute approximate surface area is 171 Å². The van der Waals surface area contributed by atoms with Gasteiger partial charge in [-0.1, -0.05) is 11.8 Å². The Morgan fingerprint density at radius 1 is 1.36 bits per heavy atom. The number of methoxy groups -OCH3 is 1. The molecule has 1 aromatic carbocycles. The van der Waals surface area contributed by atoms with Gasteiger partial charge in [-0.3, -0.25) is 4.79 Å². The molecule has 3 rings (SSSR count). The van der Waals surface area contributed by atoms with E-state index < -0.39 is 5.25 Å². The van der Waals surface area contributed by atoms with Gasteiger partial charge in [-0.2, -0.15) is 5.26 Å². The molecular formula is C19H19N5O2S2. The summed E-state index contributed by atoms with van der Waals surface area (Å²) in [6.45, 7) is 4.49. The fourth-order valence-electron chi connectivity index (χ4n) is 2.53. The molecule has 1 atom stereocenters. The monoisotopic (exact) mass is 413 g/mol. The van der Waals surface area contributed by atoms with Gasteiger partial charge in [0, 0.05) is 12.1 Å². The summed E-state index contributed by atoms with van der Waals surface area (Å²) in [5, 5.41) is 23.1. The first kappa shape index (κ1) is 19.9.